The van der Waals surface area contributed by atoms with Gasteiger partial charge in [-0.15, -0.1) is 0 Å². The quantitative estimate of drug-likeness (QED) is 0.176. The lowest BCUT2D eigenvalue weighted by Crippen LogP contribution is -2.34. The summed E-state index contributed by atoms with van der Waals surface area (Å²) in [4.78, 5) is 19.6. The van der Waals surface area contributed by atoms with E-state index in [1.165, 1.54) is 5.56 Å². The van der Waals surface area contributed by atoms with Gasteiger partial charge in [-0.1, -0.05) is 127 Å². The van der Waals surface area contributed by atoms with Crippen molar-refractivity contribution >= 4 is 21.9 Å². The average molecular weight is 807 g/mol. The number of hydrogen-bond donors (Lipinski definition) is 0. The molecule has 1 unspecified atom stereocenters. The summed E-state index contributed by atoms with van der Waals surface area (Å²) in [7, 11) is 0. The summed E-state index contributed by atoms with van der Waals surface area (Å²) in [6.45, 7) is 0. The van der Waals surface area contributed by atoms with Crippen LogP contribution in [0.5, 0.6) is 11.5 Å². The van der Waals surface area contributed by atoms with Crippen LogP contribution < -0.4 is 4.74 Å². The van der Waals surface area contributed by atoms with Crippen molar-refractivity contribution in [3.63, 3.8) is 0 Å². The van der Waals surface area contributed by atoms with Gasteiger partial charge in [0.15, 0.2) is 5.82 Å². The fraction of sp³-hybridized carbons (Fsp3) is 0.0175. The molecule has 0 N–H and O–H groups in total. The maximum Gasteiger partial charge on any atom is 0.161 e. The monoisotopic (exact) mass is 806 g/mol. The molecule has 11 aromatic rings. The lowest BCUT2D eigenvalue weighted by molar-refractivity contribution is 0.435. The van der Waals surface area contributed by atoms with E-state index in [-0.39, 0.29) is 0 Å². The summed E-state index contributed by atoms with van der Waals surface area (Å²) in [6, 6.07) is 66.0. The molecule has 1 aliphatic heterocycles. The van der Waals surface area contributed by atoms with E-state index in [9.17, 15) is 0 Å². The van der Waals surface area contributed by atoms with E-state index in [1.807, 2.05) is 67.0 Å². The second kappa shape index (κ2) is 13.8. The van der Waals surface area contributed by atoms with E-state index in [2.05, 4.69) is 138 Å². The van der Waals surface area contributed by atoms with Crippen molar-refractivity contribution < 1.29 is 9.15 Å². The molecule has 1 spiro atoms. The predicted molar refractivity (Wildman–Crippen MR) is 249 cm³/mol. The highest BCUT2D eigenvalue weighted by Crippen LogP contribution is 2.62. The number of hydrogen-bond acceptors (Lipinski definition) is 6. The number of pyridine rings is 2. The number of furan rings is 1. The van der Waals surface area contributed by atoms with Gasteiger partial charge in [-0.3, -0.25) is 9.97 Å². The number of aromatic nitrogens is 4. The van der Waals surface area contributed by atoms with E-state index >= 15 is 0 Å². The van der Waals surface area contributed by atoms with Crippen LogP contribution >= 0.6 is 0 Å². The van der Waals surface area contributed by atoms with Gasteiger partial charge in [0.2, 0.25) is 0 Å². The molecule has 1 aliphatic carbocycles. The molecule has 0 amide bonds. The summed E-state index contributed by atoms with van der Waals surface area (Å²) >= 11 is 0. The van der Waals surface area contributed by atoms with Crippen LogP contribution in [0.15, 0.2) is 211 Å². The van der Waals surface area contributed by atoms with Crippen LogP contribution in [-0.4, -0.2) is 19.9 Å². The van der Waals surface area contributed by atoms with Crippen LogP contribution in [0, 0.1) is 0 Å². The highest BCUT2D eigenvalue weighted by atomic mass is 16.5. The first kappa shape index (κ1) is 35.3. The zero-order valence-electron chi connectivity index (χ0n) is 33.7. The molecule has 2 aliphatic rings. The summed E-state index contributed by atoms with van der Waals surface area (Å²) < 4.78 is 13.7. The Bertz CT molecular complexity index is 3600. The Hall–Kier alpha value is -8.48. The zero-order chi connectivity index (χ0) is 41.5. The number of para-hydroxylation sites is 2. The Morgan fingerprint density at radius 2 is 1.08 bits per heavy atom. The first-order valence-electron chi connectivity index (χ1n) is 21.1. The van der Waals surface area contributed by atoms with Crippen molar-refractivity contribution in [1.82, 2.24) is 19.9 Å². The highest BCUT2D eigenvalue weighted by Gasteiger charge is 2.49. The molecular formula is C57H34N4O2. The molecule has 13 rings (SSSR count). The van der Waals surface area contributed by atoms with Gasteiger partial charge in [-0.25, -0.2) is 9.97 Å². The largest absolute Gasteiger partial charge is 0.457 e. The zero-order valence-corrected chi connectivity index (χ0v) is 33.7. The van der Waals surface area contributed by atoms with Gasteiger partial charge in [0.1, 0.15) is 22.7 Å². The predicted octanol–water partition coefficient (Wildman–Crippen LogP) is 14.0. The summed E-state index contributed by atoms with van der Waals surface area (Å²) in [5.74, 6) is 2.20. The molecule has 7 aromatic carbocycles. The van der Waals surface area contributed by atoms with Gasteiger partial charge in [0, 0.05) is 62.7 Å². The molecular weight excluding hydrogens is 773 g/mol. The normalized spacial score (nSPS) is 14.5. The third-order valence-electron chi connectivity index (χ3n) is 12.7. The molecule has 0 radical (unpaired) electrons. The molecule has 0 fully saturated rings. The molecule has 0 bridgehead atoms. The van der Waals surface area contributed by atoms with E-state index < -0.39 is 5.41 Å². The second-order valence-corrected chi connectivity index (χ2v) is 16.1. The van der Waals surface area contributed by atoms with Gasteiger partial charge in [0.25, 0.3) is 0 Å². The third-order valence-corrected chi connectivity index (χ3v) is 12.7. The highest BCUT2D eigenvalue weighted by molar-refractivity contribution is 6.06. The summed E-state index contributed by atoms with van der Waals surface area (Å²) in [6.07, 6.45) is 5.44. The number of ether oxygens (including phenoxy) is 1. The smallest absolute Gasteiger partial charge is 0.161 e. The maximum absolute atomic E-state index is 6.99. The number of rotatable bonds is 4. The summed E-state index contributed by atoms with van der Waals surface area (Å²) in [5.41, 5.74) is 16.0. The fourth-order valence-electron chi connectivity index (χ4n) is 9.92. The van der Waals surface area contributed by atoms with Gasteiger partial charge in [0.05, 0.1) is 22.5 Å². The van der Waals surface area contributed by atoms with Gasteiger partial charge >= 0.3 is 0 Å². The van der Waals surface area contributed by atoms with Crippen LogP contribution in [0.3, 0.4) is 0 Å². The van der Waals surface area contributed by atoms with Gasteiger partial charge < -0.3 is 9.15 Å². The minimum absolute atomic E-state index is 0.589. The minimum Gasteiger partial charge on any atom is -0.457 e. The molecule has 0 saturated heterocycles. The molecule has 5 heterocycles. The molecule has 6 heteroatoms. The Morgan fingerprint density at radius 1 is 0.381 bits per heavy atom. The van der Waals surface area contributed by atoms with E-state index in [0.717, 1.165) is 112 Å². The lowest BCUT2D eigenvalue weighted by Gasteiger charge is -2.42. The first-order chi connectivity index (χ1) is 31.2. The van der Waals surface area contributed by atoms with Crippen LogP contribution in [0.1, 0.15) is 22.3 Å². The van der Waals surface area contributed by atoms with Crippen molar-refractivity contribution in [1.29, 1.82) is 0 Å². The van der Waals surface area contributed by atoms with Crippen molar-refractivity contribution in [2.24, 2.45) is 0 Å². The Balaban J connectivity index is 1.11. The number of nitrogens with zero attached hydrogens (tertiary/aromatic N) is 4. The second-order valence-electron chi connectivity index (χ2n) is 16.1. The Labute approximate surface area is 362 Å². The van der Waals surface area contributed by atoms with Crippen LogP contribution in [0.25, 0.3) is 89.4 Å². The first-order valence-corrected chi connectivity index (χ1v) is 21.1. The Kier molecular flexibility index (Phi) is 7.72. The molecule has 294 valence electrons. The molecule has 63 heavy (non-hydrogen) atoms. The van der Waals surface area contributed by atoms with Gasteiger partial charge in [-0.2, -0.15) is 0 Å². The van der Waals surface area contributed by atoms with Crippen LogP contribution in [0.4, 0.5) is 0 Å². The molecule has 0 saturated carbocycles. The lowest BCUT2D eigenvalue weighted by atomic mass is 9.62. The third kappa shape index (κ3) is 5.38. The van der Waals surface area contributed by atoms with Crippen molar-refractivity contribution in [2.75, 3.05) is 0 Å². The van der Waals surface area contributed by atoms with Crippen molar-refractivity contribution in [3.8, 4) is 78.9 Å². The fourth-order valence-corrected chi connectivity index (χ4v) is 9.92. The van der Waals surface area contributed by atoms with Gasteiger partial charge in [-0.05, 0) is 94.0 Å². The SMILES string of the molecule is c1ccc(-c2cc(-c3ccc4c(c3)C3(c5ccccc5Oc5cc6c(cc53)oc3ccccc36)c3ccccc3-c3ccccc3-4)nc(-c3ccc(-c4cccnc4)nc3)n2)cc1. The maximum atomic E-state index is 6.99. The van der Waals surface area contributed by atoms with E-state index in [0.29, 0.717) is 5.82 Å². The Morgan fingerprint density at radius 3 is 1.89 bits per heavy atom. The van der Waals surface area contributed by atoms with Crippen LogP contribution in [0.2, 0.25) is 0 Å². The van der Waals surface area contributed by atoms with Crippen molar-refractivity contribution in [3.05, 3.63) is 229 Å². The van der Waals surface area contributed by atoms with Crippen molar-refractivity contribution in [2.45, 2.75) is 5.41 Å². The topological polar surface area (TPSA) is 73.9 Å². The van der Waals surface area contributed by atoms with E-state index in [4.69, 9.17) is 24.1 Å². The number of benzene rings is 7. The molecule has 6 nitrogen and oxygen atoms in total. The standard InChI is InChI=1S/C57H34N4O2/c1-2-13-35(14-3-1)50-32-51(61-56(60-50)38-25-27-49(59-34-38)37-15-12-28-58-33-37)36-24-26-42-40-17-5-4-16-39(40)41-18-6-8-20-45(41)57(47(42)29-36)46-21-9-11-23-53(46)63-55-30-44-43-19-7-10-22-52(43)62-54(44)31-48(55)57/h1-34H. The van der Waals surface area contributed by atoms with Crippen LogP contribution in [-0.2, 0) is 5.41 Å². The average Bonchev–Trinajstić information content (AvgIpc) is 3.68. The summed E-state index contributed by atoms with van der Waals surface area (Å²) in [5, 5.41) is 2.07. The minimum atomic E-state index is -0.845. The van der Waals surface area contributed by atoms with E-state index in [1.54, 1.807) is 6.20 Å². The molecule has 1 atom stereocenters. The number of fused-ring (bicyclic) bond motifs is 14. The molecule has 4 aromatic heterocycles.